The summed E-state index contributed by atoms with van der Waals surface area (Å²) >= 11 is 3.01. The van der Waals surface area contributed by atoms with Crippen molar-refractivity contribution in [3.63, 3.8) is 0 Å². The SMILES string of the molecule is CCOC(=O)CCn1c2c(sc1=O)[C@H]1c3ccccc3OC[C@@H]1CS2. The first-order chi connectivity index (χ1) is 12.2. The molecule has 1 aromatic heterocycles. The largest absolute Gasteiger partial charge is 0.493 e. The maximum Gasteiger partial charge on any atom is 0.308 e. The number of nitrogens with zero attached hydrogens (tertiary/aromatic N) is 1. The van der Waals surface area contributed by atoms with Crippen molar-refractivity contribution >= 4 is 29.1 Å². The van der Waals surface area contributed by atoms with Gasteiger partial charge >= 0.3 is 10.8 Å². The molecule has 0 spiro atoms. The number of hydrogen-bond donors (Lipinski definition) is 0. The van der Waals surface area contributed by atoms with Gasteiger partial charge in [0.15, 0.2) is 0 Å². The van der Waals surface area contributed by atoms with Crippen molar-refractivity contribution in [2.45, 2.75) is 30.8 Å². The van der Waals surface area contributed by atoms with Gasteiger partial charge in [0.05, 0.1) is 24.7 Å². The lowest BCUT2D eigenvalue weighted by Crippen LogP contribution is -2.31. The van der Waals surface area contributed by atoms with E-state index in [2.05, 4.69) is 6.07 Å². The molecular weight excluding hydrogens is 358 g/mol. The van der Waals surface area contributed by atoms with E-state index in [1.165, 1.54) is 16.9 Å². The van der Waals surface area contributed by atoms with Crippen molar-refractivity contribution < 1.29 is 14.3 Å². The summed E-state index contributed by atoms with van der Waals surface area (Å²) in [5, 5.41) is 1.01. The van der Waals surface area contributed by atoms with Crippen LogP contribution in [-0.4, -0.2) is 29.5 Å². The summed E-state index contributed by atoms with van der Waals surface area (Å²) in [6.07, 6.45) is 0.227. The van der Waals surface area contributed by atoms with Crippen LogP contribution in [0.15, 0.2) is 34.1 Å². The predicted molar refractivity (Wildman–Crippen MR) is 97.8 cm³/mol. The van der Waals surface area contributed by atoms with Crippen LogP contribution in [0.5, 0.6) is 5.75 Å². The van der Waals surface area contributed by atoms with Crippen LogP contribution in [0, 0.1) is 5.92 Å². The van der Waals surface area contributed by atoms with Crippen LogP contribution in [0.2, 0.25) is 0 Å². The molecule has 0 saturated carbocycles. The average Bonchev–Trinajstić information content (AvgIpc) is 2.95. The Balaban J connectivity index is 1.68. The standard InChI is InChI=1S/C18H19NO4S2/c1-2-22-14(20)7-8-19-17-16(25-18(19)21)15-11(10-24-17)9-23-13-6-4-3-5-12(13)15/h3-6,11,15H,2,7-10H2,1H3/t11-,15-/m1/s1. The fourth-order valence-electron chi connectivity index (χ4n) is 3.48. The van der Waals surface area contributed by atoms with E-state index in [4.69, 9.17) is 9.47 Å². The number of thioether (sulfide) groups is 1. The smallest absolute Gasteiger partial charge is 0.308 e. The molecule has 5 nitrogen and oxygen atoms in total. The van der Waals surface area contributed by atoms with Gasteiger partial charge in [-0.25, -0.2) is 0 Å². The third-order valence-corrected chi connectivity index (χ3v) is 7.11. The first kappa shape index (κ1) is 16.7. The number of ether oxygens (including phenoxy) is 2. The highest BCUT2D eigenvalue weighted by molar-refractivity contribution is 7.99. The van der Waals surface area contributed by atoms with Gasteiger partial charge in [0, 0.05) is 34.6 Å². The Labute approximate surface area is 154 Å². The fourth-order valence-corrected chi connectivity index (χ4v) is 6.23. The summed E-state index contributed by atoms with van der Waals surface area (Å²) < 4.78 is 12.6. The van der Waals surface area contributed by atoms with Crippen molar-refractivity contribution in [2.24, 2.45) is 5.92 Å². The highest BCUT2D eigenvalue weighted by Crippen LogP contribution is 2.50. The Morgan fingerprint density at radius 1 is 1.40 bits per heavy atom. The van der Waals surface area contributed by atoms with Crippen molar-refractivity contribution in [1.29, 1.82) is 0 Å². The number of esters is 1. The number of carbonyl (C=O) groups is 1. The van der Waals surface area contributed by atoms with Gasteiger partial charge in [-0.05, 0) is 13.0 Å². The fraction of sp³-hybridized carbons (Fsp3) is 0.444. The van der Waals surface area contributed by atoms with Gasteiger partial charge in [0.2, 0.25) is 0 Å². The monoisotopic (exact) mass is 377 g/mol. The molecule has 0 amide bonds. The number of aromatic nitrogens is 1. The van der Waals surface area contributed by atoms with E-state index in [9.17, 15) is 9.59 Å². The molecule has 25 heavy (non-hydrogen) atoms. The Morgan fingerprint density at radius 2 is 2.24 bits per heavy atom. The number of benzene rings is 1. The first-order valence-electron chi connectivity index (χ1n) is 8.42. The molecule has 4 rings (SSSR count). The van der Waals surface area contributed by atoms with Gasteiger partial charge in [0.1, 0.15) is 5.75 Å². The minimum absolute atomic E-state index is 0.00595. The van der Waals surface area contributed by atoms with Crippen molar-refractivity contribution in [2.75, 3.05) is 19.0 Å². The van der Waals surface area contributed by atoms with E-state index in [-0.39, 0.29) is 23.2 Å². The van der Waals surface area contributed by atoms with Gasteiger partial charge in [-0.2, -0.15) is 0 Å². The second-order valence-corrected chi connectivity index (χ2v) is 8.14. The molecule has 2 atom stereocenters. The minimum atomic E-state index is -0.260. The lowest BCUT2D eigenvalue weighted by Gasteiger charge is -2.36. The van der Waals surface area contributed by atoms with Gasteiger partial charge in [-0.1, -0.05) is 29.5 Å². The van der Waals surface area contributed by atoms with E-state index in [0.29, 0.717) is 25.7 Å². The van der Waals surface area contributed by atoms with Crippen molar-refractivity contribution in [3.8, 4) is 5.75 Å². The van der Waals surface area contributed by atoms with E-state index >= 15 is 0 Å². The Morgan fingerprint density at radius 3 is 3.08 bits per heavy atom. The zero-order chi connectivity index (χ0) is 17.4. The van der Waals surface area contributed by atoms with E-state index < -0.39 is 0 Å². The van der Waals surface area contributed by atoms with Crippen LogP contribution >= 0.6 is 23.1 Å². The molecule has 0 N–H and O–H groups in total. The van der Waals surface area contributed by atoms with Gasteiger partial charge in [0.25, 0.3) is 0 Å². The Bertz CT molecular complexity index is 857. The molecule has 3 heterocycles. The molecule has 132 valence electrons. The normalized spacial score (nSPS) is 20.8. The maximum absolute atomic E-state index is 12.5. The van der Waals surface area contributed by atoms with Crippen LogP contribution in [0.3, 0.4) is 0 Å². The molecule has 1 aromatic carbocycles. The van der Waals surface area contributed by atoms with Crippen LogP contribution < -0.4 is 9.61 Å². The van der Waals surface area contributed by atoms with Gasteiger partial charge in [-0.3, -0.25) is 14.2 Å². The lowest BCUT2D eigenvalue weighted by atomic mass is 9.84. The van der Waals surface area contributed by atoms with Crippen LogP contribution in [0.25, 0.3) is 0 Å². The van der Waals surface area contributed by atoms with Gasteiger partial charge < -0.3 is 9.47 Å². The molecule has 0 unspecified atom stereocenters. The summed E-state index contributed by atoms with van der Waals surface area (Å²) in [4.78, 5) is 25.3. The van der Waals surface area contributed by atoms with Crippen molar-refractivity contribution in [3.05, 3.63) is 44.4 Å². The van der Waals surface area contributed by atoms with Crippen molar-refractivity contribution in [1.82, 2.24) is 4.57 Å². The molecule has 0 saturated heterocycles. The average molecular weight is 377 g/mol. The summed E-state index contributed by atoms with van der Waals surface area (Å²) in [7, 11) is 0. The first-order valence-corrected chi connectivity index (χ1v) is 10.2. The number of carbonyl (C=O) groups excluding carboxylic acids is 1. The zero-order valence-electron chi connectivity index (χ0n) is 13.9. The second-order valence-electron chi connectivity index (χ2n) is 6.14. The topological polar surface area (TPSA) is 57.5 Å². The predicted octanol–water partition coefficient (Wildman–Crippen LogP) is 3.11. The number of thiazole rings is 1. The van der Waals surface area contributed by atoms with Gasteiger partial charge in [-0.15, -0.1) is 11.8 Å². The summed E-state index contributed by atoms with van der Waals surface area (Å²) in [6, 6.07) is 8.09. The molecular formula is C18H19NO4S2. The molecule has 0 fully saturated rings. The minimum Gasteiger partial charge on any atom is -0.493 e. The highest BCUT2D eigenvalue weighted by atomic mass is 32.2. The third kappa shape index (κ3) is 3.00. The number of fused-ring (bicyclic) bond motifs is 5. The Kier molecular flexibility index (Phi) is 4.60. The van der Waals surface area contributed by atoms with Crippen LogP contribution in [0.4, 0.5) is 0 Å². The summed E-state index contributed by atoms with van der Waals surface area (Å²) in [5.41, 5.74) is 1.17. The molecule has 0 radical (unpaired) electrons. The molecule has 2 aliphatic heterocycles. The molecule has 0 bridgehead atoms. The number of hydrogen-bond acceptors (Lipinski definition) is 6. The van der Waals surface area contributed by atoms with Crippen LogP contribution in [-0.2, 0) is 16.1 Å². The lowest BCUT2D eigenvalue weighted by molar-refractivity contribution is -0.143. The molecule has 2 aliphatic rings. The molecule has 7 heteroatoms. The van der Waals surface area contributed by atoms with E-state index in [0.717, 1.165) is 21.4 Å². The summed E-state index contributed by atoms with van der Waals surface area (Å²) in [5.74, 6) is 2.17. The van der Waals surface area contributed by atoms with E-state index in [1.54, 1.807) is 23.3 Å². The Hall–Kier alpha value is -1.73. The third-order valence-electron chi connectivity index (χ3n) is 4.61. The maximum atomic E-state index is 12.5. The molecule has 0 aliphatic carbocycles. The van der Waals surface area contributed by atoms with E-state index in [1.807, 2.05) is 18.2 Å². The number of para-hydroxylation sites is 1. The number of rotatable bonds is 4. The summed E-state index contributed by atoms with van der Waals surface area (Å²) in [6.45, 7) is 3.22. The zero-order valence-corrected chi connectivity index (χ0v) is 15.5. The quantitative estimate of drug-likeness (QED) is 0.767. The molecule has 2 aromatic rings. The van der Waals surface area contributed by atoms with Crippen LogP contribution in [0.1, 0.15) is 29.7 Å². The highest BCUT2D eigenvalue weighted by Gasteiger charge is 2.39. The second kappa shape index (κ2) is 6.88.